The van der Waals surface area contributed by atoms with Crippen molar-refractivity contribution in [3.63, 3.8) is 0 Å². The number of ether oxygens (including phenoxy) is 2. The molecule has 0 aliphatic heterocycles. The zero-order valence-corrected chi connectivity index (χ0v) is 18.2. The minimum Gasteiger partial charge on any atom is -0.483 e. The fourth-order valence-electron chi connectivity index (χ4n) is 2.94. The highest BCUT2D eigenvalue weighted by Crippen LogP contribution is 2.28. The molecule has 0 aliphatic carbocycles. The van der Waals surface area contributed by atoms with Crippen molar-refractivity contribution >= 4 is 20.4 Å². The monoisotopic (exact) mass is 429 g/mol. The molecule has 0 fully saturated rings. The molecular weight excluding hydrogens is 405 g/mol. The highest BCUT2D eigenvalue weighted by Gasteiger charge is 2.11. The summed E-state index contributed by atoms with van der Waals surface area (Å²) in [5, 5.41) is 13.0. The number of nitrogens with zero attached hydrogens (tertiary/aromatic N) is 2. The van der Waals surface area contributed by atoms with Gasteiger partial charge in [-0.15, -0.1) is 19.4 Å². The van der Waals surface area contributed by atoms with E-state index in [2.05, 4.69) is 49.0 Å². The second kappa shape index (κ2) is 10.6. The molecule has 4 rings (SSSR count). The van der Waals surface area contributed by atoms with Gasteiger partial charge in [-0.1, -0.05) is 84.9 Å². The number of benzene rings is 3. The second-order valence-electron chi connectivity index (χ2n) is 7.04. The minimum absolute atomic E-state index is 0.373. The summed E-state index contributed by atoms with van der Waals surface area (Å²) in [5.74, 6) is 1.56. The van der Waals surface area contributed by atoms with Crippen molar-refractivity contribution in [2.75, 3.05) is 5.32 Å². The molecule has 0 radical (unpaired) electrons. The van der Waals surface area contributed by atoms with Crippen LogP contribution in [0.3, 0.4) is 0 Å². The van der Waals surface area contributed by atoms with Gasteiger partial charge in [0.1, 0.15) is 13.2 Å². The van der Waals surface area contributed by atoms with Crippen LogP contribution in [-0.2, 0) is 19.8 Å². The third-order valence-electron chi connectivity index (χ3n) is 4.64. The Morgan fingerprint density at radius 1 is 0.677 bits per heavy atom. The quantitative estimate of drug-likeness (QED) is 0.389. The molecule has 1 heterocycles. The smallest absolute Gasteiger partial charge is 0.276 e. The Morgan fingerprint density at radius 3 is 1.94 bits per heavy atom. The fraction of sp³-hybridized carbons (Fsp3) is 0.120. The van der Waals surface area contributed by atoms with Crippen LogP contribution in [0.25, 0.3) is 0 Å². The van der Waals surface area contributed by atoms with Crippen molar-refractivity contribution in [1.29, 1.82) is 0 Å². The first-order valence-electron chi connectivity index (χ1n) is 10.1. The van der Waals surface area contributed by atoms with E-state index in [-0.39, 0.29) is 0 Å². The molecule has 4 aromatic rings. The molecule has 0 spiro atoms. The van der Waals surface area contributed by atoms with Crippen LogP contribution in [0.15, 0.2) is 91.0 Å². The van der Waals surface area contributed by atoms with Crippen LogP contribution in [-0.4, -0.2) is 10.2 Å². The maximum Gasteiger partial charge on any atom is 0.276 e. The lowest BCUT2D eigenvalue weighted by Gasteiger charge is -2.13. The van der Waals surface area contributed by atoms with E-state index in [1.165, 1.54) is 0 Å². The van der Waals surface area contributed by atoms with Crippen molar-refractivity contribution in [1.82, 2.24) is 10.2 Å². The maximum absolute atomic E-state index is 6.05. The van der Waals surface area contributed by atoms with Crippen LogP contribution >= 0.6 is 9.24 Å². The first kappa shape index (κ1) is 20.8. The minimum atomic E-state index is 0.373. The lowest BCUT2D eigenvalue weighted by atomic mass is 10.2. The van der Waals surface area contributed by atoms with Crippen molar-refractivity contribution in [2.45, 2.75) is 19.8 Å². The molecule has 0 saturated heterocycles. The molecule has 0 bridgehead atoms. The summed E-state index contributed by atoms with van der Waals surface area (Å²) in [7, 11) is 2.69. The molecule has 3 aromatic carbocycles. The van der Waals surface area contributed by atoms with E-state index in [1.54, 1.807) is 0 Å². The van der Waals surface area contributed by atoms with E-state index in [0.717, 1.165) is 22.0 Å². The summed E-state index contributed by atoms with van der Waals surface area (Å²) in [6, 6.07) is 30.1. The van der Waals surface area contributed by atoms with Gasteiger partial charge in [-0.2, -0.15) is 0 Å². The van der Waals surface area contributed by atoms with Gasteiger partial charge in [0.25, 0.3) is 5.88 Å². The average molecular weight is 429 g/mol. The molecular formula is C25H24N3O2P. The van der Waals surface area contributed by atoms with Crippen molar-refractivity contribution in [3.05, 3.63) is 108 Å². The van der Waals surface area contributed by atoms with Gasteiger partial charge in [-0.3, -0.25) is 0 Å². The van der Waals surface area contributed by atoms with Crippen molar-refractivity contribution < 1.29 is 9.47 Å². The largest absolute Gasteiger partial charge is 0.483 e. The highest BCUT2D eigenvalue weighted by atomic mass is 31.0. The highest BCUT2D eigenvalue weighted by molar-refractivity contribution is 7.27. The topological polar surface area (TPSA) is 56.3 Å². The van der Waals surface area contributed by atoms with Crippen molar-refractivity contribution in [3.8, 4) is 11.6 Å². The molecule has 1 atom stereocenters. The van der Waals surface area contributed by atoms with Crippen LogP contribution in [0.1, 0.15) is 16.7 Å². The van der Waals surface area contributed by atoms with Gasteiger partial charge in [0.05, 0.1) is 0 Å². The predicted molar refractivity (Wildman–Crippen MR) is 127 cm³/mol. The molecule has 156 valence electrons. The van der Waals surface area contributed by atoms with E-state index in [1.807, 2.05) is 66.7 Å². The fourth-order valence-corrected chi connectivity index (χ4v) is 3.13. The summed E-state index contributed by atoms with van der Waals surface area (Å²) < 4.78 is 12.0. The van der Waals surface area contributed by atoms with Gasteiger partial charge in [-0.25, -0.2) is 0 Å². The zero-order chi connectivity index (χ0) is 21.3. The number of aromatic nitrogens is 2. The van der Waals surface area contributed by atoms with Crippen LogP contribution in [0, 0.1) is 0 Å². The van der Waals surface area contributed by atoms with E-state index in [9.17, 15) is 0 Å². The summed E-state index contributed by atoms with van der Waals surface area (Å²) in [4.78, 5) is 0. The summed E-state index contributed by atoms with van der Waals surface area (Å²) in [5.41, 5.74) is 3.28. The third-order valence-corrected chi connectivity index (χ3v) is 5.02. The van der Waals surface area contributed by atoms with E-state index < -0.39 is 0 Å². The van der Waals surface area contributed by atoms with Gasteiger partial charge in [0, 0.05) is 12.6 Å². The number of nitrogens with one attached hydrogen (secondary N) is 1. The van der Waals surface area contributed by atoms with Crippen LogP contribution in [0.4, 0.5) is 5.82 Å². The molecule has 1 N–H and O–H groups in total. The van der Waals surface area contributed by atoms with Crippen LogP contribution in [0.5, 0.6) is 11.6 Å². The van der Waals surface area contributed by atoms with E-state index >= 15 is 0 Å². The Bertz CT molecular complexity index is 1090. The SMILES string of the molecule is Pc1ccc(CNc2cc(OCc3ccccc3)c(OCc3ccccc3)nn2)cc1. The van der Waals surface area contributed by atoms with Gasteiger partial charge < -0.3 is 14.8 Å². The molecule has 5 nitrogen and oxygen atoms in total. The third kappa shape index (κ3) is 6.27. The summed E-state index contributed by atoms with van der Waals surface area (Å²) in [6.45, 7) is 1.46. The Hall–Kier alpha value is -3.43. The lowest BCUT2D eigenvalue weighted by molar-refractivity contribution is 0.244. The molecule has 0 aliphatic rings. The zero-order valence-electron chi connectivity index (χ0n) is 17.1. The number of hydrogen-bond donors (Lipinski definition) is 1. The van der Waals surface area contributed by atoms with Gasteiger partial charge in [0.2, 0.25) is 0 Å². The Labute approximate surface area is 184 Å². The van der Waals surface area contributed by atoms with Crippen LogP contribution in [0.2, 0.25) is 0 Å². The molecule has 0 saturated carbocycles. The number of anilines is 1. The molecule has 0 amide bonds. The van der Waals surface area contributed by atoms with Crippen molar-refractivity contribution in [2.24, 2.45) is 0 Å². The number of rotatable bonds is 9. The van der Waals surface area contributed by atoms with Crippen LogP contribution < -0.4 is 20.1 Å². The first-order chi connectivity index (χ1) is 15.3. The summed E-state index contributed by atoms with van der Waals surface area (Å²) in [6.07, 6.45) is 0. The molecule has 1 aromatic heterocycles. The van der Waals surface area contributed by atoms with E-state index in [0.29, 0.717) is 37.2 Å². The normalized spacial score (nSPS) is 10.5. The molecule has 6 heteroatoms. The molecule has 31 heavy (non-hydrogen) atoms. The second-order valence-corrected chi connectivity index (χ2v) is 7.71. The maximum atomic E-state index is 6.05. The average Bonchev–Trinajstić information content (AvgIpc) is 2.83. The van der Waals surface area contributed by atoms with Gasteiger partial charge in [-0.05, 0) is 22.0 Å². The number of hydrogen-bond acceptors (Lipinski definition) is 5. The Balaban J connectivity index is 1.48. The lowest BCUT2D eigenvalue weighted by Crippen LogP contribution is -2.07. The first-order valence-corrected chi connectivity index (χ1v) is 10.6. The Kier molecular flexibility index (Phi) is 7.09. The standard InChI is InChI=1S/C25H24N3O2P/c31-22-13-11-19(12-14-22)16-26-24-15-23(29-17-20-7-3-1-4-8-20)25(28-27-24)30-18-21-9-5-2-6-10-21/h1-15H,16-18,31H2,(H,26,27). The Morgan fingerprint density at radius 2 is 1.29 bits per heavy atom. The van der Waals surface area contributed by atoms with Gasteiger partial charge >= 0.3 is 0 Å². The van der Waals surface area contributed by atoms with Gasteiger partial charge in [0.15, 0.2) is 11.6 Å². The van der Waals surface area contributed by atoms with E-state index in [4.69, 9.17) is 9.47 Å². The predicted octanol–water partition coefficient (Wildman–Crippen LogP) is 4.75. The summed E-state index contributed by atoms with van der Waals surface area (Å²) >= 11 is 0. The molecule has 1 unspecified atom stereocenters.